The van der Waals surface area contributed by atoms with E-state index in [4.69, 9.17) is 0 Å². The van der Waals surface area contributed by atoms with Crippen LogP contribution in [0.15, 0.2) is 36.4 Å². The van der Waals surface area contributed by atoms with E-state index < -0.39 is 0 Å². The van der Waals surface area contributed by atoms with Gasteiger partial charge >= 0.3 is 0 Å². The Morgan fingerprint density at radius 2 is 1.12 bits per heavy atom. The zero-order chi connectivity index (χ0) is 19.7. The van der Waals surface area contributed by atoms with Gasteiger partial charge in [0.15, 0.2) is 0 Å². The lowest BCUT2D eigenvalue weighted by Crippen LogP contribution is -2.12. The summed E-state index contributed by atoms with van der Waals surface area (Å²) in [5.41, 5.74) is 3.99. The summed E-state index contributed by atoms with van der Waals surface area (Å²) in [5, 5.41) is 21.4. The third kappa shape index (κ3) is 4.41. The highest BCUT2D eigenvalue weighted by molar-refractivity contribution is 5.49. The Morgan fingerprint density at radius 3 is 1.38 bits per heavy atom. The molecule has 2 heteroatoms. The van der Waals surface area contributed by atoms with Crippen LogP contribution in [0.1, 0.15) is 89.5 Å². The van der Waals surface area contributed by atoms with Crippen LogP contribution < -0.4 is 0 Å². The summed E-state index contributed by atoms with van der Waals surface area (Å²) in [7, 11) is 0. The molecule has 0 aliphatic heterocycles. The van der Waals surface area contributed by atoms with Gasteiger partial charge in [0.25, 0.3) is 0 Å². The summed E-state index contributed by atoms with van der Waals surface area (Å²) in [6.45, 7) is 15.0. The van der Waals surface area contributed by atoms with Crippen molar-refractivity contribution in [2.24, 2.45) is 0 Å². The van der Waals surface area contributed by atoms with Crippen LogP contribution in [0.4, 0.5) is 0 Å². The van der Waals surface area contributed by atoms with E-state index in [9.17, 15) is 10.2 Å². The van der Waals surface area contributed by atoms with Crippen molar-refractivity contribution in [1.82, 2.24) is 0 Å². The molecule has 0 bridgehead atoms. The molecule has 26 heavy (non-hydrogen) atoms. The summed E-state index contributed by atoms with van der Waals surface area (Å²) in [5.74, 6) is 0.619. The highest BCUT2D eigenvalue weighted by Gasteiger charge is 2.24. The maximum absolute atomic E-state index is 10.7. The molecule has 0 aliphatic rings. The topological polar surface area (TPSA) is 40.5 Å². The molecule has 0 heterocycles. The summed E-state index contributed by atoms with van der Waals surface area (Å²) in [6.07, 6.45) is 1.86. The van der Waals surface area contributed by atoms with Crippen molar-refractivity contribution in [2.75, 3.05) is 0 Å². The molecule has 0 atom stereocenters. The molecule has 2 rings (SSSR count). The molecule has 142 valence electrons. The number of rotatable bonds is 4. The molecular formula is C24H34O2. The first kappa shape index (κ1) is 20.4. The van der Waals surface area contributed by atoms with Gasteiger partial charge in [-0.05, 0) is 40.5 Å². The van der Waals surface area contributed by atoms with E-state index in [-0.39, 0.29) is 16.7 Å². The Morgan fingerprint density at radius 1 is 0.731 bits per heavy atom. The number of phenolic OH excluding ortho intramolecular Hbond substituents is 2. The number of benzene rings is 2. The van der Waals surface area contributed by atoms with Gasteiger partial charge in [-0.2, -0.15) is 0 Å². The molecule has 0 aliphatic carbocycles. The maximum Gasteiger partial charge on any atom is 0.119 e. The Balaban J connectivity index is 2.50. The van der Waals surface area contributed by atoms with Crippen LogP contribution in [-0.4, -0.2) is 10.2 Å². The van der Waals surface area contributed by atoms with Crippen molar-refractivity contribution in [2.45, 2.75) is 78.1 Å². The molecule has 0 aromatic heterocycles. The van der Waals surface area contributed by atoms with E-state index in [0.717, 1.165) is 35.1 Å². The van der Waals surface area contributed by atoms with E-state index in [1.165, 1.54) is 0 Å². The molecule has 0 saturated carbocycles. The van der Waals surface area contributed by atoms with Crippen molar-refractivity contribution in [3.05, 3.63) is 58.7 Å². The summed E-state index contributed by atoms with van der Waals surface area (Å²) in [4.78, 5) is 0. The Kier molecular flexibility index (Phi) is 5.75. The second kappa shape index (κ2) is 7.34. The minimum atomic E-state index is -0.0111. The van der Waals surface area contributed by atoms with Crippen molar-refractivity contribution in [3.63, 3.8) is 0 Å². The van der Waals surface area contributed by atoms with Crippen molar-refractivity contribution < 1.29 is 10.2 Å². The Hall–Kier alpha value is -1.96. The van der Waals surface area contributed by atoms with E-state index >= 15 is 0 Å². The fourth-order valence-electron chi connectivity index (χ4n) is 3.38. The zero-order valence-corrected chi connectivity index (χ0v) is 17.4. The molecule has 2 nitrogen and oxygen atoms in total. The van der Waals surface area contributed by atoms with Crippen LogP contribution >= 0.6 is 0 Å². The van der Waals surface area contributed by atoms with Gasteiger partial charge in [0.2, 0.25) is 0 Å². The monoisotopic (exact) mass is 354 g/mol. The third-order valence-corrected chi connectivity index (χ3v) is 5.12. The number of aromatic hydroxyl groups is 2. The fraction of sp³-hybridized carbons (Fsp3) is 0.500. The molecular weight excluding hydrogens is 320 g/mol. The van der Waals surface area contributed by atoms with Crippen LogP contribution in [0.2, 0.25) is 0 Å². The van der Waals surface area contributed by atoms with Gasteiger partial charge in [-0.3, -0.25) is 0 Å². The smallest absolute Gasteiger partial charge is 0.119 e. The highest BCUT2D eigenvalue weighted by Crippen LogP contribution is 2.41. The average molecular weight is 355 g/mol. The molecule has 2 aromatic rings. The molecule has 2 N–H and O–H groups in total. The van der Waals surface area contributed by atoms with Gasteiger partial charge in [-0.25, -0.2) is 0 Å². The molecule has 0 amide bonds. The number of hydrogen-bond donors (Lipinski definition) is 2. The minimum absolute atomic E-state index is 0.00718. The third-order valence-electron chi connectivity index (χ3n) is 5.12. The van der Waals surface area contributed by atoms with Crippen molar-refractivity contribution >= 4 is 0 Å². The van der Waals surface area contributed by atoms with E-state index in [0.29, 0.717) is 11.5 Å². The second-order valence-electron chi connectivity index (χ2n) is 9.39. The van der Waals surface area contributed by atoms with Gasteiger partial charge in [-0.1, -0.05) is 79.2 Å². The Bertz CT molecular complexity index is 697. The maximum atomic E-state index is 10.7. The molecule has 0 unspecified atom stereocenters. The van der Waals surface area contributed by atoms with Gasteiger partial charge < -0.3 is 10.2 Å². The fourth-order valence-corrected chi connectivity index (χ4v) is 3.38. The first-order valence-electron chi connectivity index (χ1n) is 9.62. The second-order valence-corrected chi connectivity index (χ2v) is 9.39. The predicted molar refractivity (Wildman–Crippen MR) is 110 cm³/mol. The predicted octanol–water partition coefficient (Wildman–Crippen LogP) is 6.62. The van der Waals surface area contributed by atoms with Crippen LogP contribution in [0.3, 0.4) is 0 Å². The zero-order valence-electron chi connectivity index (χ0n) is 17.4. The standard InChI is InChI=1S/C24H34O2/c1-8-9-18(19-12-10-16(14-21(19)25)23(2,3)4)20-13-11-17(15-22(20)26)24(5,6)7/h10-15,18,25-26H,8-9H2,1-7H3. The summed E-state index contributed by atoms with van der Waals surface area (Å²) >= 11 is 0. The average Bonchev–Trinajstić information content (AvgIpc) is 2.51. The van der Waals surface area contributed by atoms with E-state index in [1.54, 1.807) is 0 Å². The van der Waals surface area contributed by atoms with Crippen LogP contribution in [0.25, 0.3) is 0 Å². The van der Waals surface area contributed by atoms with Gasteiger partial charge in [-0.15, -0.1) is 0 Å². The summed E-state index contributed by atoms with van der Waals surface area (Å²) < 4.78 is 0. The normalized spacial score (nSPS) is 12.6. The largest absolute Gasteiger partial charge is 0.508 e. The van der Waals surface area contributed by atoms with Gasteiger partial charge in [0.1, 0.15) is 11.5 Å². The lowest BCUT2D eigenvalue weighted by atomic mass is 9.80. The lowest BCUT2D eigenvalue weighted by molar-refractivity contribution is 0.446. The first-order chi connectivity index (χ1) is 11.9. The molecule has 0 radical (unpaired) electrons. The van der Waals surface area contributed by atoms with Gasteiger partial charge in [0.05, 0.1) is 0 Å². The van der Waals surface area contributed by atoms with Crippen LogP contribution in [0, 0.1) is 0 Å². The minimum Gasteiger partial charge on any atom is -0.508 e. The molecule has 2 aromatic carbocycles. The van der Waals surface area contributed by atoms with Gasteiger partial charge in [0, 0.05) is 17.0 Å². The first-order valence-corrected chi connectivity index (χ1v) is 9.62. The number of hydrogen-bond acceptors (Lipinski definition) is 2. The Labute approximate surface area is 158 Å². The van der Waals surface area contributed by atoms with Crippen LogP contribution in [-0.2, 0) is 10.8 Å². The quantitative estimate of drug-likeness (QED) is 0.647. The molecule has 0 spiro atoms. The van der Waals surface area contributed by atoms with Crippen molar-refractivity contribution in [1.29, 1.82) is 0 Å². The summed E-state index contributed by atoms with van der Waals surface area (Å²) in [6, 6.07) is 12.0. The molecule has 0 saturated heterocycles. The van der Waals surface area contributed by atoms with E-state index in [2.05, 4.69) is 60.6 Å². The van der Waals surface area contributed by atoms with Crippen molar-refractivity contribution in [3.8, 4) is 11.5 Å². The SMILES string of the molecule is CCCC(c1ccc(C(C)(C)C)cc1O)c1ccc(C(C)(C)C)cc1O. The van der Waals surface area contributed by atoms with Crippen LogP contribution in [0.5, 0.6) is 11.5 Å². The molecule has 0 fully saturated rings. The highest BCUT2D eigenvalue weighted by atomic mass is 16.3. The van der Waals surface area contributed by atoms with E-state index in [1.807, 2.05) is 24.3 Å². The number of phenols is 2. The lowest BCUT2D eigenvalue weighted by Gasteiger charge is -2.25.